The van der Waals surface area contributed by atoms with Gasteiger partial charge in [0.1, 0.15) is 24.4 Å². The molecule has 412 valence electrons. The van der Waals surface area contributed by atoms with Crippen molar-refractivity contribution in [1.82, 2.24) is 5.32 Å². The van der Waals surface area contributed by atoms with E-state index >= 15 is 0 Å². The van der Waals surface area contributed by atoms with Gasteiger partial charge in [-0.3, -0.25) is 9.59 Å². The third-order valence-electron chi connectivity index (χ3n) is 13.4. The molecule has 0 saturated carbocycles. The molecule has 1 aliphatic rings. The zero-order chi connectivity index (χ0) is 51.7. The molecule has 0 aliphatic carbocycles. The Morgan fingerprint density at radius 3 is 1.51 bits per heavy atom. The predicted octanol–water partition coefficient (Wildman–Crippen LogP) is 13.1. The van der Waals surface area contributed by atoms with Crippen LogP contribution in [-0.2, 0) is 23.8 Å². The molecule has 0 aromatic heterocycles. The van der Waals surface area contributed by atoms with Crippen LogP contribution in [0.15, 0.2) is 60.8 Å². The molecular formula is C60H107NO10. The third kappa shape index (κ3) is 39.5. The summed E-state index contributed by atoms with van der Waals surface area (Å²) in [6.45, 7) is 4.18. The number of ether oxygens (including phenoxy) is 3. The van der Waals surface area contributed by atoms with Crippen LogP contribution in [0, 0.1) is 0 Å². The normalized spacial score (nSPS) is 19.6. The summed E-state index contributed by atoms with van der Waals surface area (Å²) in [4.78, 5) is 25.1. The highest BCUT2D eigenvalue weighted by atomic mass is 16.7. The van der Waals surface area contributed by atoms with Gasteiger partial charge < -0.3 is 45.1 Å². The molecule has 6 N–H and O–H groups in total. The van der Waals surface area contributed by atoms with E-state index in [0.29, 0.717) is 19.4 Å². The Hall–Kier alpha value is -2.64. The second-order valence-corrected chi connectivity index (χ2v) is 20.0. The summed E-state index contributed by atoms with van der Waals surface area (Å²) in [7, 11) is 0. The Kier molecular flexibility index (Phi) is 46.3. The first-order valence-corrected chi connectivity index (χ1v) is 29.1. The van der Waals surface area contributed by atoms with Crippen LogP contribution in [0.25, 0.3) is 0 Å². The van der Waals surface area contributed by atoms with Crippen LogP contribution in [0.1, 0.15) is 245 Å². The number of hydrogen-bond acceptors (Lipinski definition) is 10. The number of carbonyl (C=O) groups is 2. The lowest BCUT2D eigenvalue weighted by Gasteiger charge is -2.40. The van der Waals surface area contributed by atoms with Crippen molar-refractivity contribution in [1.29, 1.82) is 0 Å². The number of hydrogen-bond donors (Lipinski definition) is 6. The van der Waals surface area contributed by atoms with E-state index in [1.807, 2.05) is 6.08 Å². The van der Waals surface area contributed by atoms with E-state index in [4.69, 9.17) is 14.2 Å². The van der Waals surface area contributed by atoms with Crippen molar-refractivity contribution < 1.29 is 49.3 Å². The number of allylic oxidation sites excluding steroid dienone is 9. The van der Waals surface area contributed by atoms with Gasteiger partial charge in [-0.05, 0) is 103 Å². The first-order chi connectivity index (χ1) is 34.7. The average Bonchev–Trinajstić information content (AvgIpc) is 3.37. The molecule has 0 bridgehead atoms. The summed E-state index contributed by atoms with van der Waals surface area (Å²) in [5.41, 5.74) is 0. The van der Waals surface area contributed by atoms with Gasteiger partial charge in [-0.15, -0.1) is 0 Å². The summed E-state index contributed by atoms with van der Waals surface area (Å²) in [6, 6.07) is -0.844. The van der Waals surface area contributed by atoms with E-state index in [-0.39, 0.29) is 18.5 Å². The number of esters is 1. The summed E-state index contributed by atoms with van der Waals surface area (Å²) < 4.78 is 16.6. The molecule has 0 radical (unpaired) electrons. The largest absolute Gasteiger partial charge is 0.466 e. The van der Waals surface area contributed by atoms with Crippen LogP contribution < -0.4 is 5.32 Å². The topological polar surface area (TPSA) is 175 Å². The molecule has 0 aromatic carbocycles. The van der Waals surface area contributed by atoms with E-state index in [9.17, 15) is 35.1 Å². The standard InChI is InChI=1S/C60H107NO10/c1-3-5-7-9-11-13-14-15-16-17-18-19-22-25-28-32-36-40-44-48-56(65)69-49-45-41-37-33-29-26-23-20-21-24-27-31-35-39-43-47-55(64)61-52(53(63)46-42-38-34-30-12-10-8-6-4-2)51-70-60-59(68)58(67)57(66)54(50-62)71-60/h12,15-16,20,23,26,29-30,42,46,52-54,57-60,62-63,66-68H,3-11,13-14,17-19,21-22,24-25,27-28,31-41,43-45,47-51H2,1-2H3,(H,61,64)/b16-15-,23-20-,29-26-,30-12+,46-42+. The minimum absolute atomic E-state index is 0.0433. The van der Waals surface area contributed by atoms with Crippen LogP contribution in [-0.4, -0.2) is 100 Å². The lowest BCUT2D eigenvalue weighted by molar-refractivity contribution is -0.302. The molecule has 71 heavy (non-hydrogen) atoms. The molecule has 1 aliphatic heterocycles. The predicted molar refractivity (Wildman–Crippen MR) is 292 cm³/mol. The number of amides is 1. The molecule has 11 nitrogen and oxygen atoms in total. The van der Waals surface area contributed by atoms with Crippen molar-refractivity contribution in [2.24, 2.45) is 0 Å². The second-order valence-electron chi connectivity index (χ2n) is 20.0. The maximum absolute atomic E-state index is 13.0. The quantitative estimate of drug-likeness (QED) is 0.0149. The molecular weight excluding hydrogens is 895 g/mol. The summed E-state index contributed by atoms with van der Waals surface area (Å²) in [5.74, 6) is -0.262. The van der Waals surface area contributed by atoms with Crippen molar-refractivity contribution in [3.63, 3.8) is 0 Å². The molecule has 1 rings (SSSR count). The summed E-state index contributed by atoms with van der Waals surface area (Å²) in [6.07, 6.45) is 53.3. The maximum Gasteiger partial charge on any atom is 0.305 e. The number of rotatable bonds is 49. The molecule has 1 saturated heterocycles. The zero-order valence-electron chi connectivity index (χ0n) is 45.2. The van der Waals surface area contributed by atoms with Gasteiger partial charge in [0.25, 0.3) is 0 Å². The molecule has 1 amide bonds. The summed E-state index contributed by atoms with van der Waals surface area (Å²) in [5, 5.41) is 54.1. The van der Waals surface area contributed by atoms with Crippen LogP contribution in [0.5, 0.6) is 0 Å². The van der Waals surface area contributed by atoms with Gasteiger partial charge in [0.05, 0.1) is 32.0 Å². The Labute approximate surface area is 433 Å². The highest BCUT2D eigenvalue weighted by Crippen LogP contribution is 2.23. The minimum atomic E-state index is -1.59. The van der Waals surface area contributed by atoms with Gasteiger partial charge in [-0.1, -0.05) is 190 Å². The van der Waals surface area contributed by atoms with Gasteiger partial charge >= 0.3 is 5.97 Å². The van der Waals surface area contributed by atoms with Crippen molar-refractivity contribution in [3.8, 4) is 0 Å². The Balaban J connectivity index is 2.08. The van der Waals surface area contributed by atoms with Crippen molar-refractivity contribution >= 4 is 11.9 Å². The van der Waals surface area contributed by atoms with Gasteiger partial charge in [0.15, 0.2) is 6.29 Å². The third-order valence-corrected chi connectivity index (χ3v) is 13.4. The molecule has 0 aromatic rings. The number of carbonyl (C=O) groups excluding carboxylic acids is 2. The van der Waals surface area contributed by atoms with Gasteiger partial charge in [-0.2, -0.15) is 0 Å². The van der Waals surface area contributed by atoms with Crippen LogP contribution in [0.2, 0.25) is 0 Å². The number of aliphatic hydroxyl groups is 5. The fourth-order valence-electron chi connectivity index (χ4n) is 8.67. The van der Waals surface area contributed by atoms with E-state index in [1.165, 1.54) is 116 Å². The van der Waals surface area contributed by atoms with Crippen molar-refractivity contribution in [2.45, 2.75) is 288 Å². The van der Waals surface area contributed by atoms with Crippen LogP contribution in [0.3, 0.4) is 0 Å². The fourth-order valence-corrected chi connectivity index (χ4v) is 8.67. The summed E-state index contributed by atoms with van der Waals surface area (Å²) >= 11 is 0. The van der Waals surface area contributed by atoms with Crippen LogP contribution in [0.4, 0.5) is 0 Å². The van der Waals surface area contributed by atoms with Crippen molar-refractivity contribution in [2.75, 3.05) is 19.8 Å². The minimum Gasteiger partial charge on any atom is -0.466 e. The lowest BCUT2D eigenvalue weighted by atomic mass is 9.99. The molecule has 11 heteroatoms. The van der Waals surface area contributed by atoms with E-state index in [1.54, 1.807) is 6.08 Å². The lowest BCUT2D eigenvalue weighted by Crippen LogP contribution is -2.60. The first kappa shape index (κ1) is 66.4. The van der Waals surface area contributed by atoms with Gasteiger partial charge in [0, 0.05) is 12.8 Å². The van der Waals surface area contributed by atoms with Gasteiger partial charge in [0.2, 0.25) is 5.91 Å². The molecule has 1 heterocycles. The monoisotopic (exact) mass is 1000 g/mol. The second kappa shape index (κ2) is 49.6. The highest BCUT2D eigenvalue weighted by molar-refractivity contribution is 5.76. The number of unbranched alkanes of at least 4 members (excludes halogenated alkanes) is 28. The Bertz CT molecular complexity index is 1360. The zero-order valence-corrected chi connectivity index (χ0v) is 45.2. The number of nitrogens with one attached hydrogen (secondary N) is 1. The maximum atomic E-state index is 13.0. The molecule has 1 fully saturated rings. The molecule has 7 unspecified atom stereocenters. The highest BCUT2D eigenvalue weighted by Gasteiger charge is 2.44. The molecule has 7 atom stereocenters. The average molecular weight is 1000 g/mol. The number of aliphatic hydroxyl groups excluding tert-OH is 5. The van der Waals surface area contributed by atoms with E-state index in [0.717, 1.165) is 103 Å². The SMILES string of the molecule is CCCCC/C=C/CC/C=C/C(O)C(COC1OC(CO)C(O)C(O)C1O)NC(=O)CCCCCCCC/C=C\C=C/CCCCCOC(=O)CCCCCCCCCCC/C=C\CCCCCCCC. The fraction of sp³-hybridized carbons (Fsp3) is 0.800. The smallest absolute Gasteiger partial charge is 0.305 e. The Morgan fingerprint density at radius 1 is 0.521 bits per heavy atom. The Morgan fingerprint density at radius 2 is 0.958 bits per heavy atom. The van der Waals surface area contributed by atoms with Gasteiger partial charge in [-0.25, -0.2) is 0 Å². The van der Waals surface area contributed by atoms with E-state index < -0.39 is 49.5 Å². The van der Waals surface area contributed by atoms with Crippen molar-refractivity contribution in [3.05, 3.63) is 60.8 Å². The molecule has 0 spiro atoms. The van der Waals surface area contributed by atoms with Crippen LogP contribution >= 0.6 is 0 Å². The van der Waals surface area contributed by atoms with E-state index in [2.05, 4.69) is 67.8 Å². The first-order valence-electron chi connectivity index (χ1n) is 29.1.